The van der Waals surface area contributed by atoms with E-state index in [9.17, 15) is 0 Å². The molecular weight excluding hydrogens is 224 g/mol. The molecule has 1 fully saturated rings. The van der Waals surface area contributed by atoms with E-state index in [1.165, 1.54) is 32.1 Å². The number of ether oxygens (including phenoxy) is 1. The molecular formula is C15H24N2O. The third-order valence-electron chi connectivity index (χ3n) is 3.97. The summed E-state index contributed by atoms with van der Waals surface area (Å²) in [5.74, 6) is 0.699. The molecule has 1 aromatic rings. The zero-order chi connectivity index (χ0) is 12.8. The van der Waals surface area contributed by atoms with Gasteiger partial charge in [0.1, 0.15) is 0 Å². The summed E-state index contributed by atoms with van der Waals surface area (Å²) in [6.07, 6.45) is 10.3. The van der Waals surface area contributed by atoms with Crippen molar-refractivity contribution in [2.24, 2.45) is 11.7 Å². The number of pyridine rings is 1. The Bertz CT molecular complexity index is 342. The van der Waals surface area contributed by atoms with E-state index in [1.54, 1.807) is 6.20 Å². The third-order valence-corrected chi connectivity index (χ3v) is 3.97. The summed E-state index contributed by atoms with van der Waals surface area (Å²) in [6.45, 7) is 2.78. The molecule has 3 nitrogen and oxygen atoms in total. The van der Waals surface area contributed by atoms with Crippen LogP contribution in [0.5, 0.6) is 0 Å². The Labute approximate surface area is 110 Å². The minimum atomic E-state index is -0.00384. The van der Waals surface area contributed by atoms with Gasteiger partial charge in [-0.05, 0) is 24.8 Å². The van der Waals surface area contributed by atoms with Gasteiger partial charge in [-0.3, -0.25) is 4.98 Å². The smallest absolute Gasteiger partial charge is 0.0965 e. The third kappa shape index (κ3) is 3.30. The highest BCUT2D eigenvalue weighted by Gasteiger charge is 2.27. The number of hydrogen-bond acceptors (Lipinski definition) is 3. The molecule has 2 rings (SSSR count). The number of nitrogens with zero attached hydrogens (tertiary/aromatic N) is 1. The molecule has 1 heterocycles. The molecule has 3 unspecified atom stereocenters. The van der Waals surface area contributed by atoms with Crippen LogP contribution in [0, 0.1) is 5.92 Å². The molecule has 100 valence electrons. The lowest BCUT2D eigenvalue weighted by molar-refractivity contribution is -0.0587. The molecule has 0 amide bonds. The van der Waals surface area contributed by atoms with E-state index in [4.69, 9.17) is 10.5 Å². The number of hydrogen-bond donors (Lipinski definition) is 1. The fourth-order valence-electron chi connectivity index (χ4n) is 2.87. The van der Waals surface area contributed by atoms with Gasteiger partial charge >= 0.3 is 0 Å². The monoisotopic (exact) mass is 248 g/mol. The summed E-state index contributed by atoms with van der Waals surface area (Å²) in [5, 5.41) is 0. The van der Waals surface area contributed by atoms with Crippen LogP contribution in [0.25, 0.3) is 0 Å². The Kier molecular flexibility index (Phi) is 5.14. The standard InChI is InChI=1S/C15H24N2O/c1-2-12-6-3-4-8-14(12)18-15(10-16)13-7-5-9-17-11-13/h5,7,9,11-12,14-15H,2-4,6,8,10,16H2,1H3. The SMILES string of the molecule is CCC1CCCCC1OC(CN)c1cccnc1. The first-order valence-corrected chi connectivity index (χ1v) is 7.10. The Morgan fingerprint density at radius 2 is 2.28 bits per heavy atom. The normalized spacial score (nSPS) is 25.9. The molecule has 1 aromatic heterocycles. The first-order chi connectivity index (χ1) is 8.85. The molecule has 0 saturated heterocycles. The highest BCUT2D eigenvalue weighted by atomic mass is 16.5. The summed E-state index contributed by atoms with van der Waals surface area (Å²) in [7, 11) is 0. The highest BCUT2D eigenvalue weighted by Crippen LogP contribution is 2.32. The molecule has 0 bridgehead atoms. The second-order valence-electron chi connectivity index (χ2n) is 5.14. The molecule has 0 aromatic carbocycles. The Hall–Kier alpha value is -0.930. The predicted octanol–water partition coefficient (Wildman–Crippen LogP) is 3.07. The molecule has 0 aliphatic heterocycles. The number of nitrogens with two attached hydrogens (primary N) is 1. The van der Waals surface area contributed by atoms with Crippen molar-refractivity contribution in [3.8, 4) is 0 Å². The summed E-state index contributed by atoms with van der Waals surface area (Å²) in [4.78, 5) is 4.15. The lowest BCUT2D eigenvalue weighted by Gasteiger charge is -2.33. The van der Waals surface area contributed by atoms with Crippen molar-refractivity contribution in [1.29, 1.82) is 0 Å². The average molecular weight is 248 g/mol. The average Bonchev–Trinajstić information content (AvgIpc) is 2.46. The van der Waals surface area contributed by atoms with Gasteiger partial charge in [0.2, 0.25) is 0 Å². The quantitative estimate of drug-likeness (QED) is 0.871. The van der Waals surface area contributed by atoms with Gasteiger partial charge in [0, 0.05) is 24.5 Å². The maximum Gasteiger partial charge on any atom is 0.0965 e. The van der Waals surface area contributed by atoms with E-state index in [-0.39, 0.29) is 6.10 Å². The van der Waals surface area contributed by atoms with E-state index in [0.717, 1.165) is 5.56 Å². The van der Waals surface area contributed by atoms with Crippen molar-refractivity contribution in [3.05, 3.63) is 30.1 Å². The van der Waals surface area contributed by atoms with Crippen LogP contribution in [0.15, 0.2) is 24.5 Å². The molecule has 18 heavy (non-hydrogen) atoms. The zero-order valence-electron chi connectivity index (χ0n) is 11.2. The second kappa shape index (κ2) is 6.86. The van der Waals surface area contributed by atoms with E-state index >= 15 is 0 Å². The van der Waals surface area contributed by atoms with Gasteiger partial charge in [0.25, 0.3) is 0 Å². The second-order valence-corrected chi connectivity index (χ2v) is 5.14. The molecule has 1 saturated carbocycles. The van der Waals surface area contributed by atoms with E-state index in [2.05, 4.69) is 11.9 Å². The minimum absolute atomic E-state index is 0.00384. The fourth-order valence-corrected chi connectivity index (χ4v) is 2.87. The van der Waals surface area contributed by atoms with Crippen molar-refractivity contribution in [3.63, 3.8) is 0 Å². The van der Waals surface area contributed by atoms with Crippen molar-refractivity contribution < 1.29 is 4.74 Å². The summed E-state index contributed by atoms with van der Waals surface area (Å²) >= 11 is 0. The first-order valence-electron chi connectivity index (χ1n) is 7.10. The Balaban J connectivity index is 2.01. The van der Waals surface area contributed by atoms with Crippen LogP contribution in [0.2, 0.25) is 0 Å². The van der Waals surface area contributed by atoms with Gasteiger partial charge in [-0.1, -0.05) is 32.3 Å². The highest BCUT2D eigenvalue weighted by molar-refractivity contribution is 5.12. The van der Waals surface area contributed by atoms with Gasteiger partial charge in [-0.2, -0.15) is 0 Å². The molecule has 3 heteroatoms. The number of aromatic nitrogens is 1. The molecule has 2 N–H and O–H groups in total. The van der Waals surface area contributed by atoms with Crippen LogP contribution in [0.3, 0.4) is 0 Å². The molecule has 1 aliphatic carbocycles. The van der Waals surface area contributed by atoms with Crippen LogP contribution < -0.4 is 5.73 Å². The topological polar surface area (TPSA) is 48.1 Å². The molecule has 3 atom stereocenters. The van der Waals surface area contributed by atoms with Gasteiger partial charge in [-0.15, -0.1) is 0 Å². The largest absolute Gasteiger partial charge is 0.369 e. The predicted molar refractivity (Wildman–Crippen MR) is 73.2 cm³/mol. The summed E-state index contributed by atoms with van der Waals surface area (Å²) in [6, 6.07) is 3.99. The molecule has 0 radical (unpaired) electrons. The maximum absolute atomic E-state index is 6.27. The van der Waals surface area contributed by atoms with Crippen LogP contribution in [-0.4, -0.2) is 17.6 Å². The minimum Gasteiger partial charge on any atom is -0.369 e. The van der Waals surface area contributed by atoms with E-state index < -0.39 is 0 Å². The Morgan fingerprint density at radius 1 is 1.44 bits per heavy atom. The van der Waals surface area contributed by atoms with Crippen LogP contribution in [-0.2, 0) is 4.74 Å². The first kappa shape index (κ1) is 13.5. The molecule has 0 spiro atoms. The number of rotatable bonds is 5. The van der Waals surface area contributed by atoms with Crippen molar-refractivity contribution in [1.82, 2.24) is 4.98 Å². The van der Waals surface area contributed by atoms with Gasteiger partial charge in [-0.25, -0.2) is 0 Å². The maximum atomic E-state index is 6.27. The van der Waals surface area contributed by atoms with Crippen LogP contribution in [0.1, 0.15) is 50.7 Å². The lowest BCUT2D eigenvalue weighted by Crippen LogP contribution is -2.31. The van der Waals surface area contributed by atoms with Gasteiger partial charge < -0.3 is 10.5 Å². The zero-order valence-corrected chi connectivity index (χ0v) is 11.2. The fraction of sp³-hybridized carbons (Fsp3) is 0.667. The van der Waals surface area contributed by atoms with Crippen molar-refractivity contribution >= 4 is 0 Å². The van der Waals surface area contributed by atoms with Crippen LogP contribution in [0.4, 0.5) is 0 Å². The van der Waals surface area contributed by atoms with Crippen molar-refractivity contribution in [2.45, 2.75) is 51.2 Å². The van der Waals surface area contributed by atoms with E-state index in [0.29, 0.717) is 18.6 Å². The van der Waals surface area contributed by atoms with Crippen molar-refractivity contribution in [2.75, 3.05) is 6.54 Å². The summed E-state index contributed by atoms with van der Waals surface area (Å²) < 4.78 is 6.27. The van der Waals surface area contributed by atoms with Gasteiger partial charge in [0.15, 0.2) is 0 Å². The van der Waals surface area contributed by atoms with Gasteiger partial charge in [0.05, 0.1) is 12.2 Å². The lowest BCUT2D eigenvalue weighted by atomic mass is 9.84. The van der Waals surface area contributed by atoms with E-state index in [1.807, 2.05) is 18.3 Å². The summed E-state index contributed by atoms with van der Waals surface area (Å²) in [5.41, 5.74) is 6.95. The molecule has 1 aliphatic rings. The Morgan fingerprint density at radius 3 is 2.94 bits per heavy atom. The van der Waals surface area contributed by atoms with Crippen LogP contribution >= 0.6 is 0 Å².